The second kappa shape index (κ2) is 9.58. The largest absolute Gasteiger partial charge is 0.416 e. The average Bonchev–Trinajstić information content (AvgIpc) is 3.33. The number of aliphatic hydroxyl groups excluding tert-OH is 1. The van der Waals surface area contributed by atoms with Gasteiger partial charge in [-0.2, -0.15) is 26.3 Å². The molecule has 2 fully saturated rings. The first-order chi connectivity index (χ1) is 17.1. The Hall–Kier alpha value is -2.66. The fourth-order valence-corrected chi connectivity index (χ4v) is 5.67. The van der Waals surface area contributed by atoms with E-state index in [2.05, 4.69) is 5.32 Å². The van der Waals surface area contributed by atoms with Gasteiger partial charge in [0.05, 0.1) is 23.3 Å². The molecule has 0 unspecified atom stereocenters. The van der Waals surface area contributed by atoms with Gasteiger partial charge in [-0.15, -0.1) is 0 Å². The third-order valence-electron chi connectivity index (χ3n) is 7.46. The van der Waals surface area contributed by atoms with Gasteiger partial charge in [-0.1, -0.05) is 12.1 Å². The molecule has 4 rings (SSSR count). The molecule has 0 radical (unpaired) electrons. The number of halogens is 7. The number of ether oxygens (including phenoxy) is 1. The molecule has 0 bridgehead atoms. The molecule has 6 atom stereocenters. The van der Waals surface area contributed by atoms with Crippen molar-refractivity contribution in [2.24, 2.45) is 5.92 Å². The summed E-state index contributed by atoms with van der Waals surface area (Å²) in [5, 5.41) is 12.9. The monoisotopic (exact) mass is 533 g/mol. The smallest absolute Gasteiger partial charge is 0.383 e. The third kappa shape index (κ3) is 5.62. The summed E-state index contributed by atoms with van der Waals surface area (Å²) in [6, 6.07) is 6.94. The molecular formula is C26H26F7NO3. The van der Waals surface area contributed by atoms with Crippen molar-refractivity contribution in [3.05, 3.63) is 70.5 Å². The Kier molecular flexibility index (Phi) is 7.09. The maximum absolute atomic E-state index is 13.6. The van der Waals surface area contributed by atoms with Crippen molar-refractivity contribution in [2.45, 2.75) is 75.2 Å². The van der Waals surface area contributed by atoms with E-state index < -0.39 is 65.0 Å². The number of hydrogen-bond donors (Lipinski definition) is 2. The summed E-state index contributed by atoms with van der Waals surface area (Å²) in [6.07, 6.45) is -11.9. The van der Waals surface area contributed by atoms with Gasteiger partial charge in [-0.05, 0) is 74.1 Å². The number of nitrogens with one attached hydrogen (secondary N) is 1. The number of carbonyl (C=O) groups is 1. The van der Waals surface area contributed by atoms with Crippen LogP contribution < -0.4 is 5.32 Å². The molecule has 2 aromatic rings. The van der Waals surface area contributed by atoms with Crippen LogP contribution in [0.1, 0.15) is 67.4 Å². The highest BCUT2D eigenvalue weighted by atomic mass is 19.4. The predicted molar refractivity (Wildman–Crippen MR) is 119 cm³/mol. The van der Waals surface area contributed by atoms with E-state index in [1.165, 1.54) is 19.1 Å². The molecule has 37 heavy (non-hydrogen) atoms. The van der Waals surface area contributed by atoms with Crippen LogP contribution in [0.15, 0.2) is 42.5 Å². The van der Waals surface area contributed by atoms with Crippen molar-refractivity contribution in [1.82, 2.24) is 5.32 Å². The first-order valence-corrected chi connectivity index (χ1v) is 11.8. The van der Waals surface area contributed by atoms with Crippen LogP contribution in [0.5, 0.6) is 0 Å². The Bertz CT molecular complexity index is 1120. The molecule has 1 aliphatic heterocycles. The van der Waals surface area contributed by atoms with Crippen LogP contribution in [-0.4, -0.2) is 28.8 Å². The van der Waals surface area contributed by atoms with E-state index in [1.807, 2.05) is 0 Å². The summed E-state index contributed by atoms with van der Waals surface area (Å²) in [6.45, 7) is 3.16. The van der Waals surface area contributed by atoms with Crippen LogP contribution in [0.3, 0.4) is 0 Å². The van der Waals surface area contributed by atoms with Gasteiger partial charge in [0.2, 0.25) is 5.91 Å². The molecule has 1 saturated carbocycles. The van der Waals surface area contributed by atoms with E-state index >= 15 is 0 Å². The van der Waals surface area contributed by atoms with Gasteiger partial charge in [0.25, 0.3) is 0 Å². The highest BCUT2D eigenvalue weighted by Gasteiger charge is 2.53. The lowest BCUT2D eigenvalue weighted by Crippen LogP contribution is -2.47. The van der Waals surface area contributed by atoms with Gasteiger partial charge < -0.3 is 15.2 Å². The van der Waals surface area contributed by atoms with Gasteiger partial charge in [-0.25, -0.2) is 4.39 Å². The first-order valence-electron chi connectivity index (χ1n) is 11.8. The summed E-state index contributed by atoms with van der Waals surface area (Å²) in [7, 11) is 0. The van der Waals surface area contributed by atoms with Crippen LogP contribution in [-0.2, 0) is 21.9 Å². The lowest BCUT2D eigenvalue weighted by molar-refractivity contribution is -0.143. The summed E-state index contributed by atoms with van der Waals surface area (Å²) in [5.74, 6) is -1.76. The topological polar surface area (TPSA) is 58.6 Å². The second-order valence-electron chi connectivity index (χ2n) is 10.0. The molecule has 11 heteroatoms. The molecule has 2 aromatic carbocycles. The molecule has 1 aliphatic carbocycles. The first kappa shape index (κ1) is 27.4. The molecule has 1 amide bonds. The maximum atomic E-state index is 13.6. The second-order valence-corrected chi connectivity index (χ2v) is 10.0. The minimum Gasteiger partial charge on any atom is -0.383 e. The SMILES string of the molecule is C[C@@H](O[C@H]1CC[C@@H]([C@@]2(C)C[C@@H](O)C(=O)N2)[C@@H]1c1ccc(F)cc1)c1cc(C(F)(F)F)cc(C(F)(F)F)c1. The number of aliphatic hydroxyl groups is 1. The average molecular weight is 533 g/mol. The molecule has 0 aromatic heterocycles. The minimum atomic E-state index is -4.99. The fraction of sp³-hybridized carbons (Fsp3) is 0.500. The predicted octanol–water partition coefficient (Wildman–Crippen LogP) is 6.14. The normalized spacial score (nSPS) is 29.4. The van der Waals surface area contributed by atoms with Gasteiger partial charge in [0.15, 0.2) is 0 Å². The van der Waals surface area contributed by atoms with Crippen LogP contribution >= 0.6 is 0 Å². The van der Waals surface area contributed by atoms with E-state index in [0.29, 0.717) is 30.5 Å². The van der Waals surface area contributed by atoms with Crippen molar-refractivity contribution in [1.29, 1.82) is 0 Å². The molecule has 0 spiro atoms. The number of rotatable bonds is 5. The quantitative estimate of drug-likeness (QED) is 0.454. The van der Waals surface area contributed by atoms with Gasteiger partial charge in [-0.3, -0.25) is 4.79 Å². The molecule has 202 valence electrons. The molecule has 1 heterocycles. The zero-order valence-corrected chi connectivity index (χ0v) is 20.0. The lowest BCUT2D eigenvalue weighted by atomic mass is 9.74. The fourth-order valence-electron chi connectivity index (χ4n) is 5.67. The summed E-state index contributed by atoms with van der Waals surface area (Å²) in [4.78, 5) is 12.1. The Balaban J connectivity index is 1.67. The highest BCUT2D eigenvalue weighted by molar-refractivity contribution is 5.84. The van der Waals surface area contributed by atoms with Crippen molar-refractivity contribution in [3.63, 3.8) is 0 Å². The zero-order valence-electron chi connectivity index (χ0n) is 20.0. The van der Waals surface area contributed by atoms with Crippen LogP contribution in [0.25, 0.3) is 0 Å². The highest BCUT2D eigenvalue weighted by Crippen LogP contribution is 2.50. The summed E-state index contributed by atoms with van der Waals surface area (Å²) < 4.78 is 99.9. The maximum Gasteiger partial charge on any atom is 0.416 e. The zero-order chi connectivity index (χ0) is 27.3. The van der Waals surface area contributed by atoms with Crippen LogP contribution in [0.2, 0.25) is 0 Å². The van der Waals surface area contributed by atoms with Crippen LogP contribution in [0, 0.1) is 11.7 Å². The molecule has 1 saturated heterocycles. The number of alkyl halides is 6. The molecular weight excluding hydrogens is 507 g/mol. The van der Waals surface area contributed by atoms with E-state index in [4.69, 9.17) is 4.74 Å². The Morgan fingerprint density at radius 1 is 1.00 bits per heavy atom. The van der Waals surface area contributed by atoms with Crippen molar-refractivity contribution in [3.8, 4) is 0 Å². The Morgan fingerprint density at radius 2 is 1.57 bits per heavy atom. The van der Waals surface area contributed by atoms with Gasteiger partial charge >= 0.3 is 12.4 Å². The van der Waals surface area contributed by atoms with Gasteiger partial charge in [0, 0.05) is 17.9 Å². The summed E-state index contributed by atoms with van der Waals surface area (Å²) >= 11 is 0. The summed E-state index contributed by atoms with van der Waals surface area (Å²) in [5.41, 5.74) is -3.32. The van der Waals surface area contributed by atoms with Crippen LogP contribution in [0.4, 0.5) is 30.7 Å². The van der Waals surface area contributed by atoms with E-state index in [-0.39, 0.29) is 24.0 Å². The Labute approximate surface area is 208 Å². The van der Waals surface area contributed by atoms with E-state index in [9.17, 15) is 40.6 Å². The molecule has 4 nitrogen and oxygen atoms in total. The van der Waals surface area contributed by atoms with E-state index in [1.54, 1.807) is 19.1 Å². The number of hydrogen-bond acceptors (Lipinski definition) is 3. The third-order valence-corrected chi connectivity index (χ3v) is 7.46. The molecule has 2 N–H and O–H groups in total. The van der Waals surface area contributed by atoms with Crippen molar-refractivity contribution < 1.29 is 45.4 Å². The van der Waals surface area contributed by atoms with Crippen molar-refractivity contribution >= 4 is 5.91 Å². The lowest BCUT2D eigenvalue weighted by Gasteiger charge is -2.37. The Morgan fingerprint density at radius 3 is 2.05 bits per heavy atom. The standard InChI is InChI=1S/C26H26F7NO3/c1-13(15-9-16(25(28,29)30)11-17(10-15)26(31,32)33)37-21-8-7-19(24(2)12-20(35)23(36)34-24)22(21)14-3-5-18(27)6-4-14/h3-6,9-11,13,19-22,35H,7-8,12H2,1-2H3,(H,34,36)/t13-,19-,20-,21+,22+,24-/m1/s1. The van der Waals surface area contributed by atoms with E-state index in [0.717, 1.165) is 0 Å². The van der Waals surface area contributed by atoms with Crippen molar-refractivity contribution in [2.75, 3.05) is 0 Å². The number of carbonyl (C=O) groups excluding carboxylic acids is 1. The molecule has 2 aliphatic rings. The minimum absolute atomic E-state index is 0.0675. The number of benzene rings is 2. The number of amides is 1. The van der Waals surface area contributed by atoms with Gasteiger partial charge in [0.1, 0.15) is 11.9 Å².